The topological polar surface area (TPSA) is 78.9 Å². The van der Waals surface area contributed by atoms with Gasteiger partial charge in [0.05, 0.1) is 6.07 Å². The van der Waals surface area contributed by atoms with Crippen LogP contribution >= 0.6 is 0 Å². The Morgan fingerprint density at radius 3 is 2.73 bits per heavy atom. The molecular weight excluding hydrogens is 190 g/mol. The number of hydrogen-bond donors (Lipinski definition) is 2. The summed E-state index contributed by atoms with van der Waals surface area (Å²) in [6, 6.07) is 10.9. The lowest BCUT2D eigenvalue weighted by Crippen LogP contribution is -2.27. The third kappa shape index (κ3) is 3.79. The van der Waals surface area contributed by atoms with E-state index in [2.05, 4.69) is 5.32 Å². The Bertz CT molecular complexity index is 356. The molecular formula is C11H13N3O. The molecule has 1 amide bonds. The molecule has 0 aromatic heterocycles. The van der Waals surface area contributed by atoms with E-state index in [9.17, 15) is 4.79 Å². The third-order valence-electron chi connectivity index (χ3n) is 2.00. The van der Waals surface area contributed by atoms with Crippen LogP contribution in [0.4, 0.5) is 0 Å². The summed E-state index contributed by atoms with van der Waals surface area (Å²) in [6.07, 6.45) is 0.200. The van der Waals surface area contributed by atoms with Crippen LogP contribution < -0.4 is 11.1 Å². The molecule has 3 N–H and O–H groups in total. The van der Waals surface area contributed by atoms with E-state index in [4.69, 9.17) is 11.0 Å². The van der Waals surface area contributed by atoms with Gasteiger partial charge in [0.15, 0.2) is 0 Å². The summed E-state index contributed by atoms with van der Waals surface area (Å²) in [5.74, 6) is -0.201. The number of nitrogens with two attached hydrogens (primary N) is 1. The van der Waals surface area contributed by atoms with Crippen LogP contribution in [0.1, 0.15) is 18.0 Å². The van der Waals surface area contributed by atoms with E-state index in [1.807, 2.05) is 36.4 Å². The smallest absolute Gasteiger partial charge is 0.222 e. The second kappa shape index (κ2) is 5.78. The molecule has 0 saturated heterocycles. The fraction of sp³-hybridized carbons (Fsp3) is 0.273. The minimum atomic E-state index is -0.315. The number of benzene rings is 1. The number of nitrogens with zero attached hydrogens (tertiary/aromatic N) is 1. The fourth-order valence-electron chi connectivity index (χ4n) is 1.23. The van der Waals surface area contributed by atoms with Gasteiger partial charge in [-0.1, -0.05) is 30.3 Å². The zero-order chi connectivity index (χ0) is 11.1. The van der Waals surface area contributed by atoms with Crippen molar-refractivity contribution in [2.24, 2.45) is 5.73 Å². The summed E-state index contributed by atoms with van der Waals surface area (Å²) in [4.78, 5) is 11.2. The van der Waals surface area contributed by atoms with Crippen molar-refractivity contribution in [2.45, 2.75) is 12.5 Å². The third-order valence-corrected chi connectivity index (χ3v) is 2.00. The molecule has 0 fully saturated rings. The van der Waals surface area contributed by atoms with Crippen molar-refractivity contribution in [1.82, 2.24) is 5.32 Å². The molecule has 0 bridgehead atoms. The largest absolute Gasteiger partial charge is 0.343 e. The van der Waals surface area contributed by atoms with Gasteiger partial charge in [0, 0.05) is 12.5 Å². The summed E-state index contributed by atoms with van der Waals surface area (Å²) in [7, 11) is 0. The van der Waals surface area contributed by atoms with Gasteiger partial charge in [0.25, 0.3) is 0 Å². The van der Waals surface area contributed by atoms with Crippen LogP contribution in [0.15, 0.2) is 30.3 Å². The van der Waals surface area contributed by atoms with Crippen LogP contribution in [0.5, 0.6) is 0 Å². The molecule has 0 aliphatic rings. The average molecular weight is 203 g/mol. The number of carbonyl (C=O) groups excluding carboxylic acids is 1. The van der Waals surface area contributed by atoms with E-state index >= 15 is 0 Å². The molecule has 1 unspecified atom stereocenters. The first-order valence-corrected chi connectivity index (χ1v) is 4.68. The molecule has 78 valence electrons. The first-order valence-electron chi connectivity index (χ1n) is 4.68. The Kier molecular flexibility index (Phi) is 4.32. The van der Waals surface area contributed by atoms with Gasteiger partial charge >= 0.3 is 0 Å². The zero-order valence-electron chi connectivity index (χ0n) is 8.31. The van der Waals surface area contributed by atoms with Gasteiger partial charge in [-0.3, -0.25) is 4.79 Å². The monoisotopic (exact) mass is 203 g/mol. The van der Waals surface area contributed by atoms with E-state index in [1.165, 1.54) is 0 Å². The molecule has 0 radical (unpaired) electrons. The highest BCUT2D eigenvalue weighted by Crippen LogP contribution is 2.12. The maximum Gasteiger partial charge on any atom is 0.222 e. The molecule has 15 heavy (non-hydrogen) atoms. The lowest BCUT2D eigenvalue weighted by molar-refractivity contribution is -0.121. The Morgan fingerprint density at radius 2 is 2.13 bits per heavy atom. The molecule has 1 aromatic carbocycles. The number of nitriles is 1. The number of carbonyl (C=O) groups is 1. The van der Waals surface area contributed by atoms with E-state index in [0.717, 1.165) is 5.56 Å². The molecule has 4 nitrogen and oxygen atoms in total. The molecule has 0 saturated carbocycles. The Labute approximate surface area is 88.7 Å². The minimum Gasteiger partial charge on any atom is -0.343 e. The Hall–Kier alpha value is -1.86. The average Bonchev–Trinajstić information content (AvgIpc) is 2.27. The van der Waals surface area contributed by atoms with E-state index in [-0.39, 0.29) is 24.9 Å². The first-order chi connectivity index (χ1) is 7.24. The van der Waals surface area contributed by atoms with Gasteiger partial charge < -0.3 is 11.1 Å². The lowest BCUT2D eigenvalue weighted by atomic mass is 10.0. The van der Waals surface area contributed by atoms with Crippen LogP contribution in [-0.2, 0) is 4.79 Å². The van der Waals surface area contributed by atoms with Crippen LogP contribution in [0.3, 0.4) is 0 Å². The molecule has 1 aromatic rings. The predicted molar refractivity (Wildman–Crippen MR) is 56.6 cm³/mol. The first kappa shape index (κ1) is 11.2. The van der Waals surface area contributed by atoms with Gasteiger partial charge in [-0.25, -0.2) is 0 Å². The predicted octanol–water partition coefficient (Wildman–Crippen LogP) is 0.716. The molecule has 1 atom stereocenters. The van der Waals surface area contributed by atoms with Crippen LogP contribution in [0.25, 0.3) is 0 Å². The second-order valence-corrected chi connectivity index (χ2v) is 3.16. The highest BCUT2D eigenvalue weighted by molar-refractivity contribution is 5.76. The molecule has 0 aliphatic heterocycles. The maximum atomic E-state index is 11.2. The van der Waals surface area contributed by atoms with Crippen molar-refractivity contribution in [3.8, 4) is 6.07 Å². The number of amides is 1. The quantitative estimate of drug-likeness (QED) is 0.707. The SMILES string of the molecule is N#CCNC(=O)CC(N)c1ccccc1. The van der Waals surface area contributed by atoms with Gasteiger partial charge in [-0.05, 0) is 5.56 Å². The molecule has 1 rings (SSSR count). The van der Waals surface area contributed by atoms with Crippen molar-refractivity contribution < 1.29 is 4.79 Å². The Balaban J connectivity index is 2.46. The van der Waals surface area contributed by atoms with Crippen LogP contribution in [0, 0.1) is 11.3 Å². The van der Waals surface area contributed by atoms with Crippen molar-refractivity contribution in [3.05, 3.63) is 35.9 Å². The van der Waals surface area contributed by atoms with Crippen molar-refractivity contribution in [1.29, 1.82) is 5.26 Å². The normalized spacial score (nSPS) is 11.5. The molecule has 0 spiro atoms. The lowest BCUT2D eigenvalue weighted by Gasteiger charge is -2.10. The highest BCUT2D eigenvalue weighted by atomic mass is 16.1. The Morgan fingerprint density at radius 1 is 1.47 bits per heavy atom. The number of rotatable bonds is 4. The summed E-state index contributed by atoms with van der Waals surface area (Å²) < 4.78 is 0. The summed E-state index contributed by atoms with van der Waals surface area (Å²) in [6.45, 7) is 0.0281. The maximum absolute atomic E-state index is 11.2. The van der Waals surface area contributed by atoms with Crippen molar-refractivity contribution in [3.63, 3.8) is 0 Å². The second-order valence-electron chi connectivity index (χ2n) is 3.16. The van der Waals surface area contributed by atoms with Gasteiger partial charge in [0.1, 0.15) is 6.54 Å². The van der Waals surface area contributed by atoms with Gasteiger partial charge in [-0.2, -0.15) is 5.26 Å². The summed E-state index contributed by atoms with van der Waals surface area (Å²) in [5, 5.41) is 10.7. The standard InChI is InChI=1S/C11H13N3O/c12-6-7-14-11(15)8-10(13)9-4-2-1-3-5-9/h1-5,10H,7-8,13H2,(H,14,15). The van der Waals surface area contributed by atoms with Crippen LogP contribution in [-0.4, -0.2) is 12.5 Å². The fourth-order valence-corrected chi connectivity index (χ4v) is 1.23. The summed E-state index contributed by atoms with van der Waals surface area (Å²) in [5.41, 5.74) is 6.74. The summed E-state index contributed by atoms with van der Waals surface area (Å²) >= 11 is 0. The van der Waals surface area contributed by atoms with E-state index < -0.39 is 0 Å². The molecule has 0 aliphatic carbocycles. The number of hydrogen-bond acceptors (Lipinski definition) is 3. The van der Waals surface area contributed by atoms with Gasteiger partial charge in [0.2, 0.25) is 5.91 Å². The van der Waals surface area contributed by atoms with Gasteiger partial charge in [-0.15, -0.1) is 0 Å². The highest BCUT2D eigenvalue weighted by Gasteiger charge is 2.10. The van der Waals surface area contributed by atoms with Crippen molar-refractivity contribution in [2.75, 3.05) is 6.54 Å². The minimum absolute atomic E-state index is 0.0281. The van der Waals surface area contributed by atoms with Crippen LogP contribution in [0.2, 0.25) is 0 Å². The van der Waals surface area contributed by atoms with E-state index in [1.54, 1.807) is 0 Å². The van der Waals surface area contributed by atoms with E-state index in [0.29, 0.717) is 0 Å². The molecule has 4 heteroatoms. The zero-order valence-corrected chi connectivity index (χ0v) is 8.31. The van der Waals surface area contributed by atoms with Crippen molar-refractivity contribution >= 4 is 5.91 Å². The molecule has 0 heterocycles. The number of nitrogens with one attached hydrogen (secondary N) is 1.